The molecule has 0 N–H and O–H groups in total. The van der Waals surface area contributed by atoms with Crippen molar-refractivity contribution in [2.75, 3.05) is 18.6 Å². The van der Waals surface area contributed by atoms with Crippen LogP contribution in [0, 0.1) is 0 Å². The summed E-state index contributed by atoms with van der Waals surface area (Å²) in [4.78, 5) is 27.2. The van der Waals surface area contributed by atoms with Gasteiger partial charge in [0, 0.05) is 20.8 Å². The van der Waals surface area contributed by atoms with Crippen molar-refractivity contribution in [3.8, 4) is 0 Å². The van der Waals surface area contributed by atoms with Crippen LogP contribution < -0.4 is 4.90 Å². The molecule has 2 unspecified atom stereocenters. The number of alkyl halides is 9. The molecule has 41 heavy (non-hydrogen) atoms. The molecule has 226 valence electrons. The Balaban J connectivity index is 2.31. The standard InChI is InChI=1S/C26H25F9N2O4/c1-4-18-12-21(19-11-15(24(27,28)29)6-7-20(19)37(18)23(39)41-5-2)36(22(38)40-3)13-14-8-16(25(30,31)32)10-17(9-14)26(33,34)35/h6-11,18,21H,4-5,12-13H2,1-3H3/i1D3,2D3,5D2. The van der Waals surface area contributed by atoms with Gasteiger partial charge in [-0.25, -0.2) is 9.59 Å². The summed E-state index contributed by atoms with van der Waals surface area (Å²) in [7, 11) is 0.735. The van der Waals surface area contributed by atoms with E-state index in [0.29, 0.717) is 28.0 Å². The first-order valence-corrected chi connectivity index (χ1v) is 11.3. The number of carbonyl (C=O) groups is 2. The van der Waals surface area contributed by atoms with E-state index >= 15 is 0 Å². The molecule has 0 aromatic heterocycles. The third-order valence-electron chi connectivity index (χ3n) is 6.19. The lowest BCUT2D eigenvalue weighted by atomic mass is 9.87. The minimum absolute atomic E-state index is 0.203. The van der Waals surface area contributed by atoms with Crippen LogP contribution in [-0.4, -0.2) is 36.8 Å². The molecule has 0 spiro atoms. The van der Waals surface area contributed by atoms with Gasteiger partial charge in [0.05, 0.1) is 44.8 Å². The van der Waals surface area contributed by atoms with E-state index in [9.17, 15) is 49.1 Å². The van der Waals surface area contributed by atoms with Crippen molar-refractivity contribution in [2.24, 2.45) is 0 Å². The van der Waals surface area contributed by atoms with Crippen LogP contribution in [0.5, 0.6) is 0 Å². The van der Waals surface area contributed by atoms with E-state index < -0.39 is 116 Å². The second-order valence-electron chi connectivity index (χ2n) is 8.73. The van der Waals surface area contributed by atoms with Gasteiger partial charge in [0.1, 0.15) is 0 Å². The Hall–Kier alpha value is -3.65. The molecule has 2 aromatic carbocycles. The number of anilines is 1. The monoisotopic (exact) mass is 608 g/mol. The van der Waals surface area contributed by atoms with Crippen LogP contribution in [0.4, 0.5) is 54.8 Å². The number of benzene rings is 2. The summed E-state index contributed by atoms with van der Waals surface area (Å²) in [6.45, 7) is -11.5. The number of hydrogen-bond donors (Lipinski definition) is 0. The molecule has 6 nitrogen and oxygen atoms in total. The molecule has 0 saturated carbocycles. The van der Waals surface area contributed by atoms with Crippen LogP contribution in [0.25, 0.3) is 0 Å². The maximum absolute atomic E-state index is 13.9. The Morgan fingerprint density at radius 3 is 2.07 bits per heavy atom. The highest BCUT2D eigenvalue weighted by molar-refractivity contribution is 5.90. The van der Waals surface area contributed by atoms with Gasteiger partial charge in [0.25, 0.3) is 0 Å². The second kappa shape index (κ2) is 11.7. The van der Waals surface area contributed by atoms with E-state index in [0.717, 1.165) is 7.11 Å². The zero-order valence-electron chi connectivity index (χ0n) is 28.7. The summed E-state index contributed by atoms with van der Waals surface area (Å²) >= 11 is 0. The highest BCUT2D eigenvalue weighted by atomic mass is 19.4. The molecular weight excluding hydrogens is 575 g/mol. The molecule has 3 rings (SSSR count). The van der Waals surface area contributed by atoms with Crippen molar-refractivity contribution < 1.29 is 69.5 Å². The van der Waals surface area contributed by atoms with E-state index in [2.05, 4.69) is 9.47 Å². The van der Waals surface area contributed by atoms with Crippen LogP contribution in [0.3, 0.4) is 0 Å². The largest absolute Gasteiger partial charge is 0.453 e. The molecule has 1 aliphatic rings. The van der Waals surface area contributed by atoms with E-state index in [4.69, 9.17) is 11.0 Å². The number of methoxy groups -OCH3 is 1. The van der Waals surface area contributed by atoms with Crippen LogP contribution in [0.15, 0.2) is 36.4 Å². The fourth-order valence-corrected chi connectivity index (χ4v) is 4.44. The van der Waals surface area contributed by atoms with Gasteiger partial charge >= 0.3 is 30.7 Å². The van der Waals surface area contributed by atoms with Crippen molar-refractivity contribution in [1.29, 1.82) is 0 Å². The molecule has 0 aliphatic carbocycles. The minimum Gasteiger partial charge on any atom is -0.453 e. The molecule has 1 heterocycles. The Morgan fingerprint density at radius 2 is 1.56 bits per heavy atom. The van der Waals surface area contributed by atoms with Gasteiger partial charge in [-0.05, 0) is 67.2 Å². The molecule has 2 aromatic rings. The number of amides is 2. The van der Waals surface area contributed by atoms with Gasteiger partial charge in [0.15, 0.2) is 0 Å². The maximum atomic E-state index is 13.9. The average molecular weight is 609 g/mol. The number of carbonyl (C=O) groups excluding carboxylic acids is 2. The summed E-state index contributed by atoms with van der Waals surface area (Å²) in [6.07, 6.45) is -21.1. The first-order valence-electron chi connectivity index (χ1n) is 15.3. The van der Waals surface area contributed by atoms with Crippen molar-refractivity contribution in [3.05, 3.63) is 64.2 Å². The number of nitrogens with zero attached hydrogens (tertiary/aromatic N) is 2. The lowest BCUT2D eigenvalue weighted by Crippen LogP contribution is -2.48. The number of hydrogen-bond acceptors (Lipinski definition) is 4. The highest BCUT2D eigenvalue weighted by Crippen LogP contribution is 2.45. The summed E-state index contributed by atoms with van der Waals surface area (Å²) in [5.41, 5.74) is -7.16. The topological polar surface area (TPSA) is 59.1 Å². The zero-order chi connectivity index (χ0) is 37.7. The SMILES string of the molecule is [2H]C([2H])([2H])CC1CC(N(Cc2cc(C(F)(F)F)cc(C(F)(F)F)c2)C(=O)OC)c2cc(C(F)(F)F)ccc2N1C(=O)OC([2H])([2H])C([2H])([2H])[2H]. The number of halogens is 9. The van der Waals surface area contributed by atoms with Crippen molar-refractivity contribution in [2.45, 2.75) is 63.7 Å². The molecule has 0 fully saturated rings. The quantitative estimate of drug-likeness (QED) is 0.321. The maximum Gasteiger partial charge on any atom is 0.416 e. The second-order valence-corrected chi connectivity index (χ2v) is 8.73. The van der Waals surface area contributed by atoms with E-state index in [-0.39, 0.29) is 18.2 Å². The van der Waals surface area contributed by atoms with Crippen molar-refractivity contribution in [3.63, 3.8) is 0 Å². The summed E-state index contributed by atoms with van der Waals surface area (Å²) in [5.74, 6) is 0. The Morgan fingerprint density at radius 1 is 0.951 bits per heavy atom. The minimum atomic E-state index is -5.32. The van der Waals surface area contributed by atoms with Gasteiger partial charge in [-0.2, -0.15) is 39.5 Å². The fraction of sp³-hybridized carbons (Fsp3) is 0.462. The predicted octanol–water partition coefficient (Wildman–Crippen LogP) is 8.20. The third kappa shape index (κ3) is 6.99. The van der Waals surface area contributed by atoms with Crippen LogP contribution in [0.1, 0.15) is 71.4 Å². The average Bonchev–Trinajstić information content (AvgIpc) is 2.91. The molecule has 2 amide bonds. The van der Waals surface area contributed by atoms with Crippen LogP contribution in [0.2, 0.25) is 0 Å². The first-order chi connectivity index (χ1) is 22.0. The van der Waals surface area contributed by atoms with E-state index in [1.54, 1.807) is 0 Å². The Bertz CT molecular complexity index is 1530. The number of rotatable bonds is 5. The molecular formula is C26H25F9N2O4. The van der Waals surface area contributed by atoms with Gasteiger partial charge in [-0.3, -0.25) is 9.80 Å². The van der Waals surface area contributed by atoms with E-state index in [1.807, 2.05) is 0 Å². The lowest BCUT2D eigenvalue weighted by molar-refractivity contribution is -0.143. The number of fused-ring (bicyclic) bond motifs is 1. The van der Waals surface area contributed by atoms with Gasteiger partial charge in [0.2, 0.25) is 0 Å². The highest BCUT2D eigenvalue weighted by Gasteiger charge is 2.43. The first kappa shape index (κ1) is 22.0. The molecule has 2 atom stereocenters. The van der Waals surface area contributed by atoms with Crippen LogP contribution in [-0.2, 0) is 34.5 Å². The van der Waals surface area contributed by atoms with Crippen molar-refractivity contribution in [1.82, 2.24) is 4.90 Å². The van der Waals surface area contributed by atoms with E-state index in [1.165, 1.54) is 0 Å². The lowest BCUT2D eigenvalue weighted by Gasteiger charge is -2.43. The summed E-state index contributed by atoms with van der Waals surface area (Å²) in [5, 5.41) is 0. The number of ether oxygens (including phenoxy) is 2. The van der Waals surface area contributed by atoms with Crippen molar-refractivity contribution >= 4 is 17.9 Å². The molecule has 15 heteroatoms. The summed E-state index contributed by atoms with van der Waals surface area (Å²) in [6, 6.07) is -1.94. The molecule has 0 bridgehead atoms. The van der Waals surface area contributed by atoms with Gasteiger partial charge in [-0.15, -0.1) is 0 Å². The molecule has 0 radical (unpaired) electrons. The fourth-order valence-electron chi connectivity index (χ4n) is 4.44. The Kier molecular flexibility index (Phi) is 6.27. The summed E-state index contributed by atoms with van der Waals surface area (Å²) < 4.78 is 193. The normalized spacial score (nSPS) is 21.5. The molecule has 1 aliphatic heterocycles. The third-order valence-corrected chi connectivity index (χ3v) is 6.19. The molecule has 0 saturated heterocycles. The Labute approximate surface area is 239 Å². The smallest absolute Gasteiger partial charge is 0.416 e. The van der Waals surface area contributed by atoms with Crippen LogP contribution >= 0.6 is 0 Å². The van der Waals surface area contributed by atoms with Gasteiger partial charge < -0.3 is 9.47 Å². The predicted molar refractivity (Wildman–Crippen MR) is 127 cm³/mol. The zero-order valence-corrected chi connectivity index (χ0v) is 20.7. The van der Waals surface area contributed by atoms with Gasteiger partial charge in [-0.1, -0.05) is 6.85 Å².